The van der Waals surface area contributed by atoms with E-state index < -0.39 is 73.1 Å². The van der Waals surface area contributed by atoms with Gasteiger partial charge in [0.15, 0.2) is 16.9 Å². The van der Waals surface area contributed by atoms with Gasteiger partial charge in [0.2, 0.25) is 12.6 Å². The molecule has 9 N–H and O–H groups in total. The van der Waals surface area contributed by atoms with Crippen LogP contribution in [0.25, 0.3) is 22.3 Å². The molecule has 0 aliphatic carbocycles. The van der Waals surface area contributed by atoms with Crippen molar-refractivity contribution in [2.75, 3.05) is 13.2 Å². The molecule has 15 nitrogen and oxygen atoms in total. The number of fused-ring (bicyclic) bond motifs is 1. The molecule has 3 aromatic rings. The third-order valence-electron chi connectivity index (χ3n) is 6.83. The monoisotopic (exact) mass is 580 g/mol. The van der Waals surface area contributed by atoms with Gasteiger partial charge in [-0.2, -0.15) is 0 Å². The molecule has 2 aromatic carbocycles. The standard InChI is InChI=1S/C26H28O15/c27-7-18-21(33)22(34)24(36)26(41-18)38-10-4-12(29)19-13(30)6-15(39-17(19)5-10)9-1-2-11(28)16(3-9)40-25-23(35)20(32)14(31)8-37-25/h1-6,14,18,20-29,31-36H,7-8H2. The van der Waals surface area contributed by atoms with Crippen LogP contribution in [-0.4, -0.2) is 114 Å². The number of phenols is 2. The van der Waals surface area contributed by atoms with E-state index in [4.69, 9.17) is 23.4 Å². The quantitative estimate of drug-likeness (QED) is 0.151. The van der Waals surface area contributed by atoms with Gasteiger partial charge in [-0.3, -0.25) is 4.79 Å². The number of phenolic OH excluding ortho intramolecular Hbond substituents is 2. The number of hydrogen-bond donors (Lipinski definition) is 9. The van der Waals surface area contributed by atoms with E-state index in [1.54, 1.807) is 0 Å². The maximum atomic E-state index is 12.9. The van der Waals surface area contributed by atoms with E-state index in [1.807, 2.05) is 0 Å². The van der Waals surface area contributed by atoms with Crippen LogP contribution in [0.5, 0.6) is 23.0 Å². The number of rotatable bonds is 6. The highest BCUT2D eigenvalue weighted by molar-refractivity contribution is 5.86. The molecule has 2 aliphatic rings. The summed E-state index contributed by atoms with van der Waals surface area (Å²) >= 11 is 0. The Morgan fingerprint density at radius 2 is 1.54 bits per heavy atom. The Morgan fingerprint density at radius 1 is 0.805 bits per heavy atom. The third kappa shape index (κ3) is 5.54. The van der Waals surface area contributed by atoms with Gasteiger partial charge in [-0.05, 0) is 18.2 Å². The van der Waals surface area contributed by atoms with Gasteiger partial charge in [-0.1, -0.05) is 0 Å². The number of benzene rings is 2. The van der Waals surface area contributed by atoms with Gasteiger partial charge < -0.3 is 69.3 Å². The summed E-state index contributed by atoms with van der Waals surface area (Å²) < 4.78 is 27.4. The van der Waals surface area contributed by atoms with Crippen LogP contribution in [0.4, 0.5) is 0 Å². The average molecular weight is 580 g/mol. The van der Waals surface area contributed by atoms with Crippen LogP contribution in [0.1, 0.15) is 0 Å². The SMILES string of the molecule is O=c1cc(-c2ccc(O)c(OC3OCC(O)C(O)C3O)c2)oc2cc(OC3OC(CO)C(O)C(O)C3O)cc(O)c12. The van der Waals surface area contributed by atoms with E-state index in [-0.39, 0.29) is 46.1 Å². The minimum absolute atomic E-state index is 0.0442. The smallest absolute Gasteiger partial charge is 0.229 e. The molecule has 2 saturated heterocycles. The minimum atomic E-state index is -1.73. The molecule has 5 rings (SSSR count). The van der Waals surface area contributed by atoms with Crippen molar-refractivity contribution >= 4 is 11.0 Å². The van der Waals surface area contributed by atoms with Gasteiger partial charge >= 0.3 is 0 Å². The van der Waals surface area contributed by atoms with E-state index in [9.17, 15) is 50.8 Å². The number of aromatic hydroxyl groups is 2. The lowest BCUT2D eigenvalue weighted by Crippen LogP contribution is -2.60. The van der Waals surface area contributed by atoms with Crippen molar-refractivity contribution in [3.05, 3.63) is 46.6 Å². The Bertz CT molecular complexity index is 1450. The summed E-state index contributed by atoms with van der Waals surface area (Å²) in [5.74, 6) is -1.32. The van der Waals surface area contributed by atoms with Crippen molar-refractivity contribution < 1.29 is 69.3 Å². The van der Waals surface area contributed by atoms with Crippen molar-refractivity contribution in [2.24, 2.45) is 0 Å². The van der Waals surface area contributed by atoms with E-state index >= 15 is 0 Å². The first-order valence-electron chi connectivity index (χ1n) is 12.4. The molecule has 0 amide bonds. The Hall–Kier alpha value is -3.51. The Kier molecular flexibility index (Phi) is 8.06. The maximum Gasteiger partial charge on any atom is 0.229 e. The summed E-state index contributed by atoms with van der Waals surface area (Å²) in [6, 6.07) is 7.19. The molecule has 2 aliphatic heterocycles. The van der Waals surface area contributed by atoms with Crippen LogP contribution in [0.15, 0.2) is 45.6 Å². The summed E-state index contributed by atoms with van der Waals surface area (Å²) in [4.78, 5) is 12.9. The molecular formula is C26H28O15. The van der Waals surface area contributed by atoms with Crippen molar-refractivity contribution in [1.82, 2.24) is 0 Å². The fraction of sp³-hybridized carbons (Fsp3) is 0.423. The van der Waals surface area contributed by atoms with E-state index in [0.717, 1.165) is 12.1 Å². The van der Waals surface area contributed by atoms with E-state index in [1.165, 1.54) is 24.3 Å². The predicted octanol–water partition coefficient (Wildman–Crippen LogP) is -2.13. The first-order chi connectivity index (χ1) is 19.5. The highest BCUT2D eigenvalue weighted by Gasteiger charge is 2.45. The largest absolute Gasteiger partial charge is 0.507 e. The second-order valence-corrected chi connectivity index (χ2v) is 9.66. The van der Waals surface area contributed by atoms with Gasteiger partial charge in [-0.15, -0.1) is 0 Å². The van der Waals surface area contributed by atoms with Crippen molar-refractivity contribution in [1.29, 1.82) is 0 Å². The van der Waals surface area contributed by atoms with Crippen LogP contribution < -0.4 is 14.9 Å². The lowest BCUT2D eigenvalue weighted by molar-refractivity contribution is -0.277. The number of hydrogen-bond acceptors (Lipinski definition) is 15. The maximum absolute atomic E-state index is 12.9. The zero-order chi connectivity index (χ0) is 29.6. The summed E-state index contributed by atoms with van der Waals surface area (Å²) in [6.07, 6.45) is -13.8. The molecule has 0 bridgehead atoms. The number of aliphatic hydroxyl groups is 7. The molecule has 0 spiro atoms. The van der Waals surface area contributed by atoms with Crippen molar-refractivity contribution in [2.45, 2.75) is 55.3 Å². The predicted molar refractivity (Wildman–Crippen MR) is 134 cm³/mol. The van der Waals surface area contributed by atoms with Gasteiger partial charge in [0.05, 0.1) is 13.2 Å². The van der Waals surface area contributed by atoms with Crippen LogP contribution in [0.2, 0.25) is 0 Å². The van der Waals surface area contributed by atoms with E-state index in [0.29, 0.717) is 0 Å². The minimum Gasteiger partial charge on any atom is -0.507 e. The zero-order valence-corrected chi connectivity index (χ0v) is 21.0. The molecule has 41 heavy (non-hydrogen) atoms. The highest BCUT2D eigenvalue weighted by Crippen LogP contribution is 2.36. The molecule has 15 heteroatoms. The van der Waals surface area contributed by atoms with Crippen molar-refractivity contribution in [3.63, 3.8) is 0 Å². The summed E-state index contributed by atoms with van der Waals surface area (Å²) in [7, 11) is 0. The second kappa shape index (κ2) is 11.4. The number of ether oxygens (including phenoxy) is 4. The molecule has 9 unspecified atom stereocenters. The van der Waals surface area contributed by atoms with Crippen LogP contribution in [0, 0.1) is 0 Å². The lowest BCUT2D eigenvalue weighted by Gasteiger charge is -2.39. The zero-order valence-electron chi connectivity index (χ0n) is 21.0. The number of aliphatic hydroxyl groups excluding tert-OH is 7. The summed E-state index contributed by atoms with van der Waals surface area (Å²) in [6.45, 7) is -1.02. The summed E-state index contributed by atoms with van der Waals surface area (Å²) in [5, 5.41) is 89.8. The highest BCUT2D eigenvalue weighted by atomic mass is 16.7. The molecule has 3 heterocycles. The average Bonchev–Trinajstić information content (AvgIpc) is 2.94. The summed E-state index contributed by atoms with van der Waals surface area (Å²) in [5.41, 5.74) is -0.606. The first-order valence-corrected chi connectivity index (χ1v) is 12.4. The van der Waals surface area contributed by atoms with Gasteiger partial charge in [-0.25, -0.2) is 0 Å². The van der Waals surface area contributed by atoms with Crippen LogP contribution >= 0.6 is 0 Å². The molecule has 1 aromatic heterocycles. The Morgan fingerprint density at radius 3 is 2.27 bits per heavy atom. The molecular weight excluding hydrogens is 552 g/mol. The van der Waals surface area contributed by atoms with Crippen molar-refractivity contribution in [3.8, 4) is 34.3 Å². The molecule has 2 fully saturated rings. The fourth-order valence-corrected chi connectivity index (χ4v) is 4.52. The fourth-order valence-electron chi connectivity index (χ4n) is 4.52. The third-order valence-corrected chi connectivity index (χ3v) is 6.83. The molecule has 0 saturated carbocycles. The lowest BCUT2D eigenvalue weighted by atomic mass is 9.99. The second-order valence-electron chi connectivity index (χ2n) is 9.66. The van der Waals surface area contributed by atoms with Gasteiger partial charge in [0.1, 0.15) is 71.0 Å². The molecule has 9 atom stereocenters. The Balaban J connectivity index is 1.45. The van der Waals surface area contributed by atoms with Crippen LogP contribution in [-0.2, 0) is 9.47 Å². The molecule has 0 radical (unpaired) electrons. The van der Waals surface area contributed by atoms with E-state index in [2.05, 4.69) is 0 Å². The van der Waals surface area contributed by atoms with Gasteiger partial charge in [0.25, 0.3) is 0 Å². The van der Waals surface area contributed by atoms with Gasteiger partial charge in [0, 0.05) is 23.8 Å². The Labute approximate surface area is 230 Å². The normalized spacial score (nSPS) is 32.1. The first kappa shape index (κ1) is 29.0. The topological polar surface area (TPSA) is 249 Å². The molecule has 222 valence electrons. The van der Waals surface area contributed by atoms with Crippen LogP contribution in [0.3, 0.4) is 0 Å².